The Hall–Kier alpha value is -1.35. The van der Waals surface area contributed by atoms with Crippen LogP contribution in [-0.4, -0.2) is 18.5 Å². The van der Waals surface area contributed by atoms with E-state index in [0.717, 1.165) is 6.54 Å². The molecule has 0 aromatic heterocycles. The summed E-state index contributed by atoms with van der Waals surface area (Å²) in [5.41, 5.74) is 1.24. The molecule has 0 radical (unpaired) electrons. The van der Waals surface area contributed by atoms with Crippen LogP contribution < -0.4 is 10.6 Å². The Labute approximate surface area is 114 Å². The zero-order valence-electron chi connectivity index (χ0n) is 11.3. The van der Waals surface area contributed by atoms with Gasteiger partial charge in [0.1, 0.15) is 0 Å². The molecule has 2 saturated carbocycles. The lowest BCUT2D eigenvalue weighted by molar-refractivity contribution is -0.121. The number of carbonyl (C=O) groups excluding carboxylic acids is 1. The molecule has 19 heavy (non-hydrogen) atoms. The average molecular weight is 258 g/mol. The van der Waals surface area contributed by atoms with E-state index in [2.05, 4.69) is 22.8 Å². The largest absolute Gasteiger partial charge is 0.349 e. The van der Waals surface area contributed by atoms with Gasteiger partial charge in [-0.25, -0.2) is 0 Å². The highest BCUT2D eigenvalue weighted by Crippen LogP contribution is 2.40. The molecule has 2 aliphatic carbocycles. The SMILES string of the molecule is O=C(CCNC1CC1)NC(c1ccccc1)C1CC1. The van der Waals surface area contributed by atoms with Crippen molar-refractivity contribution in [2.75, 3.05) is 6.54 Å². The first-order valence-corrected chi connectivity index (χ1v) is 7.40. The van der Waals surface area contributed by atoms with Gasteiger partial charge in [0, 0.05) is 19.0 Å². The third kappa shape index (κ3) is 3.80. The summed E-state index contributed by atoms with van der Waals surface area (Å²) in [4.78, 5) is 12.0. The van der Waals surface area contributed by atoms with Crippen molar-refractivity contribution >= 4 is 5.91 Å². The van der Waals surface area contributed by atoms with Crippen LogP contribution >= 0.6 is 0 Å². The van der Waals surface area contributed by atoms with Gasteiger partial charge in [-0.1, -0.05) is 30.3 Å². The lowest BCUT2D eigenvalue weighted by atomic mass is 10.0. The summed E-state index contributed by atoms with van der Waals surface area (Å²) in [6.45, 7) is 0.808. The van der Waals surface area contributed by atoms with Crippen LogP contribution in [0, 0.1) is 5.92 Å². The third-order valence-electron chi connectivity index (χ3n) is 3.93. The third-order valence-corrected chi connectivity index (χ3v) is 3.93. The van der Waals surface area contributed by atoms with Gasteiger partial charge in [0.2, 0.25) is 5.91 Å². The monoisotopic (exact) mass is 258 g/mol. The van der Waals surface area contributed by atoms with Gasteiger partial charge in [0.15, 0.2) is 0 Å². The molecule has 1 unspecified atom stereocenters. The number of nitrogens with one attached hydrogen (secondary N) is 2. The second-order valence-electron chi connectivity index (χ2n) is 5.77. The summed E-state index contributed by atoms with van der Waals surface area (Å²) in [5.74, 6) is 0.816. The molecular weight excluding hydrogens is 236 g/mol. The normalized spacial score (nSPS) is 20.0. The summed E-state index contributed by atoms with van der Waals surface area (Å²) < 4.78 is 0. The predicted octanol–water partition coefficient (Wildman–Crippen LogP) is 2.40. The smallest absolute Gasteiger partial charge is 0.221 e. The molecule has 1 atom stereocenters. The van der Waals surface area contributed by atoms with Crippen molar-refractivity contribution in [3.8, 4) is 0 Å². The number of hydrogen-bond donors (Lipinski definition) is 2. The van der Waals surface area contributed by atoms with E-state index in [0.29, 0.717) is 18.4 Å². The molecule has 3 nitrogen and oxygen atoms in total. The van der Waals surface area contributed by atoms with Crippen LogP contribution in [0.15, 0.2) is 30.3 Å². The molecule has 0 heterocycles. The molecule has 0 spiro atoms. The highest BCUT2D eigenvalue weighted by Gasteiger charge is 2.33. The topological polar surface area (TPSA) is 41.1 Å². The van der Waals surface area contributed by atoms with Gasteiger partial charge in [0.05, 0.1) is 6.04 Å². The van der Waals surface area contributed by atoms with Crippen molar-refractivity contribution in [3.63, 3.8) is 0 Å². The second kappa shape index (κ2) is 5.74. The van der Waals surface area contributed by atoms with Crippen LogP contribution in [0.25, 0.3) is 0 Å². The van der Waals surface area contributed by atoms with E-state index < -0.39 is 0 Å². The number of carbonyl (C=O) groups is 1. The molecule has 1 aromatic rings. The van der Waals surface area contributed by atoms with Crippen LogP contribution in [0.4, 0.5) is 0 Å². The summed E-state index contributed by atoms with van der Waals surface area (Å²) in [6.07, 6.45) is 5.61. The van der Waals surface area contributed by atoms with Gasteiger partial charge in [0.25, 0.3) is 0 Å². The first-order chi connectivity index (χ1) is 9.33. The highest BCUT2D eigenvalue weighted by molar-refractivity contribution is 5.76. The Bertz CT molecular complexity index is 424. The van der Waals surface area contributed by atoms with E-state index in [1.54, 1.807) is 0 Å². The maximum atomic E-state index is 12.0. The van der Waals surface area contributed by atoms with E-state index in [4.69, 9.17) is 0 Å². The fourth-order valence-electron chi connectivity index (χ4n) is 2.49. The van der Waals surface area contributed by atoms with E-state index in [1.165, 1.54) is 31.2 Å². The first-order valence-electron chi connectivity index (χ1n) is 7.40. The molecule has 2 fully saturated rings. The quantitative estimate of drug-likeness (QED) is 0.788. The fourth-order valence-corrected chi connectivity index (χ4v) is 2.49. The zero-order chi connectivity index (χ0) is 13.1. The Morgan fingerprint density at radius 2 is 1.89 bits per heavy atom. The molecular formula is C16H22N2O. The maximum absolute atomic E-state index is 12.0. The minimum atomic E-state index is 0.175. The summed E-state index contributed by atoms with van der Waals surface area (Å²) in [5, 5.41) is 6.59. The maximum Gasteiger partial charge on any atom is 0.221 e. The predicted molar refractivity (Wildman–Crippen MR) is 75.7 cm³/mol. The Morgan fingerprint density at radius 1 is 1.16 bits per heavy atom. The van der Waals surface area contributed by atoms with Crippen molar-refractivity contribution in [2.45, 2.75) is 44.2 Å². The molecule has 2 aliphatic rings. The number of rotatable bonds is 7. The minimum Gasteiger partial charge on any atom is -0.349 e. The van der Waals surface area contributed by atoms with Gasteiger partial charge in [-0.2, -0.15) is 0 Å². The van der Waals surface area contributed by atoms with Crippen molar-refractivity contribution in [1.82, 2.24) is 10.6 Å². The van der Waals surface area contributed by atoms with Gasteiger partial charge in [-0.05, 0) is 37.2 Å². The van der Waals surface area contributed by atoms with E-state index in [1.807, 2.05) is 18.2 Å². The van der Waals surface area contributed by atoms with E-state index >= 15 is 0 Å². The average Bonchev–Trinajstić information content (AvgIpc) is 3.29. The molecule has 0 saturated heterocycles. The van der Waals surface area contributed by atoms with Crippen molar-refractivity contribution in [1.29, 1.82) is 0 Å². The second-order valence-corrected chi connectivity index (χ2v) is 5.77. The molecule has 3 heteroatoms. The molecule has 0 bridgehead atoms. The molecule has 1 aromatic carbocycles. The number of hydrogen-bond acceptors (Lipinski definition) is 2. The van der Waals surface area contributed by atoms with E-state index in [-0.39, 0.29) is 11.9 Å². The molecule has 3 rings (SSSR count). The standard InChI is InChI=1S/C16H22N2O/c19-15(10-11-17-14-8-9-14)18-16(13-6-7-13)12-4-2-1-3-5-12/h1-5,13-14,16-17H,6-11H2,(H,18,19). The Balaban J connectivity index is 1.51. The van der Waals surface area contributed by atoms with Crippen LogP contribution in [0.3, 0.4) is 0 Å². The van der Waals surface area contributed by atoms with E-state index in [9.17, 15) is 4.79 Å². The van der Waals surface area contributed by atoms with Gasteiger partial charge in [-0.3, -0.25) is 4.79 Å². The Morgan fingerprint density at radius 3 is 2.53 bits per heavy atom. The van der Waals surface area contributed by atoms with Crippen LogP contribution in [-0.2, 0) is 4.79 Å². The van der Waals surface area contributed by atoms with Crippen LogP contribution in [0.5, 0.6) is 0 Å². The van der Waals surface area contributed by atoms with Crippen molar-refractivity contribution in [2.24, 2.45) is 5.92 Å². The van der Waals surface area contributed by atoms with Gasteiger partial charge in [-0.15, -0.1) is 0 Å². The minimum absolute atomic E-state index is 0.175. The number of amides is 1. The fraction of sp³-hybridized carbons (Fsp3) is 0.562. The lowest BCUT2D eigenvalue weighted by Gasteiger charge is -2.19. The summed E-state index contributed by atoms with van der Waals surface area (Å²) >= 11 is 0. The van der Waals surface area contributed by atoms with Crippen molar-refractivity contribution in [3.05, 3.63) is 35.9 Å². The zero-order valence-corrected chi connectivity index (χ0v) is 11.3. The summed E-state index contributed by atoms with van der Waals surface area (Å²) in [6, 6.07) is 11.2. The molecule has 1 amide bonds. The molecule has 2 N–H and O–H groups in total. The molecule has 102 valence electrons. The highest BCUT2D eigenvalue weighted by atomic mass is 16.1. The Kier molecular flexibility index (Phi) is 3.83. The summed E-state index contributed by atoms with van der Waals surface area (Å²) in [7, 11) is 0. The first kappa shape index (κ1) is 12.7. The molecule has 0 aliphatic heterocycles. The van der Waals surface area contributed by atoms with Gasteiger partial charge < -0.3 is 10.6 Å². The van der Waals surface area contributed by atoms with Crippen LogP contribution in [0.1, 0.15) is 43.7 Å². The van der Waals surface area contributed by atoms with Crippen LogP contribution in [0.2, 0.25) is 0 Å². The lowest BCUT2D eigenvalue weighted by Crippen LogP contribution is -2.32. The van der Waals surface area contributed by atoms with Crippen molar-refractivity contribution < 1.29 is 4.79 Å². The van der Waals surface area contributed by atoms with Gasteiger partial charge >= 0.3 is 0 Å². The number of benzene rings is 1.